The Morgan fingerprint density at radius 1 is 1.26 bits per heavy atom. The molecule has 2 N–H and O–H groups in total. The van der Waals surface area contributed by atoms with Crippen molar-refractivity contribution in [1.82, 2.24) is 30.0 Å². The highest BCUT2D eigenvalue weighted by atomic mass is 16.5. The normalized spacial score (nSPS) is 21.7. The molecule has 2 aromatic rings. The molecule has 2 amide bonds. The summed E-state index contributed by atoms with van der Waals surface area (Å²) in [5.41, 5.74) is 1.28. The number of aromatic nitrogens is 4. The van der Waals surface area contributed by atoms with Gasteiger partial charge in [-0.25, -0.2) is 4.68 Å². The van der Waals surface area contributed by atoms with Gasteiger partial charge in [-0.05, 0) is 61.4 Å². The first-order valence-electron chi connectivity index (χ1n) is 13.7. The Balaban J connectivity index is 1.53. The molecule has 0 radical (unpaired) electrons. The fourth-order valence-corrected chi connectivity index (χ4v) is 5.52. The van der Waals surface area contributed by atoms with Gasteiger partial charge >= 0.3 is 0 Å². The Hall–Kier alpha value is -3.05. The van der Waals surface area contributed by atoms with E-state index >= 15 is 0 Å². The Morgan fingerprint density at radius 3 is 2.76 bits per heavy atom. The topological polar surface area (TPSA) is 126 Å². The smallest absolute Gasteiger partial charge is 0.246 e. The second-order valence-electron chi connectivity index (χ2n) is 11.0. The molecule has 11 heteroatoms. The fraction of sp³-hybridized carbons (Fsp3) is 0.667. The summed E-state index contributed by atoms with van der Waals surface area (Å²) in [7, 11) is 2.15. The van der Waals surface area contributed by atoms with Gasteiger partial charge in [-0.15, -0.1) is 5.10 Å². The molecule has 4 rings (SSSR count). The van der Waals surface area contributed by atoms with Gasteiger partial charge in [0.05, 0.1) is 19.1 Å². The van der Waals surface area contributed by atoms with E-state index in [2.05, 4.69) is 39.7 Å². The summed E-state index contributed by atoms with van der Waals surface area (Å²) >= 11 is 0. The van der Waals surface area contributed by atoms with E-state index in [1.165, 1.54) is 43.1 Å². The molecule has 38 heavy (non-hydrogen) atoms. The maximum absolute atomic E-state index is 13.4. The van der Waals surface area contributed by atoms with Crippen LogP contribution in [0, 0.1) is 11.8 Å². The second-order valence-corrected chi connectivity index (χ2v) is 11.0. The number of ether oxygens (including phenoxy) is 1. The number of nitrogens with one attached hydrogen (secondary N) is 1. The molecule has 1 aliphatic heterocycles. The summed E-state index contributed by atoms with van der Waals surface area (Å²) in [5.74, 6) is 1.08. The SMILES string of the molecule is C[C@@H]1CN([C@@H](C)CO)C(=O)Cc2cc(NC(=O)Cn3cnnn3)ccc2O[C@H]1CN(C)CC1CCCCC1. The molecule has 0 saturated heterocycles. The largest absolute Gasteiger partial charge is 0.488 e. The van der Waals surface area contributed by atoms with Gasteiger partial charge in [0.2, 0.25) is 11.8 Å². The molecule has 1 aromatic carbocycles. The van der Waals surface area contributed by atoms with Crippen LogP contribution in [0.3, 0.4) is 0 Å². The van der Waals surface area contributed by atoms with Crippen molar-refractivity contribution >= 4 is 17.5 Å². The molecule has 1 saturated carbocycles. The lowest BCUT2D eigenvalue weighted by atomic mass is 9.89. The van der Waals surface area contributed by atoms with Crippen molar-refractivity contribution in [2.75, 3.05) is 38.6 Å². The lowest BCUT2D eigenvalue weighted by Crippen LogP contribution is -2.48. The zero-order chi connectivity index (χ0) is 27.1. The molecular weight excluding hydrogens is 486 g/mol. The third-order valence-corrected chi connectivity index (χ3v) is 7.68. The number of anilines is 1. The minimum absolute atomic E-state index is 0.0196. The van der Waals surface area contributed by atoms with E-state index in [1.807, 2.05) is 13.0 Å². The van der Waals surface area contributed by atoms with E-state index in [-0.39, 0.29) is 49.5 Å². The lowest BCUT2D eigenvalue weighted by Gasteiger charge is -2.35. The van der Waals surface area contributed by atoms with Crippen LogP contribution in [0.15, 0.2) is 24.5 Å². The van der Waals surface area contributed by atoms with Crippen LogP contribution in [-0.4, -0.2) is 92.4 Å². The van der Waals surface area contributed by atoms with Crippen LogP contribution in [0.1, 0.15) is 51.5 Å². The predicted octanol–water partition coefficient (Wildman–Crippen LogP) is 1.97. The van der Waals surface area contributed by atoms with Gasteiger partial charge in [0.15, 0.2) is 0 Å². The van der Waals surface area contributed by atoms with Crippen LogP contribution >= 0.6 is 0 Å². The van der Waals surface area contributed by atoms with Gasteiger partial charge in [0, 0.05) is 36.8 Å². The second kappa shape index (κ2) is 13.1. The Labute approximate surface area is 224 Å². The van der Waals surface area contributed by atoms with E-state index in [4.69, 9.17) is 4.74 Å². The van der Waals surface area contributed by atoms with Gasteiger partial charge in [0.1, 0.15) is 24.7 Å². The van der Waals surface area contributed by atoms with Gasteiger partial charge in [-0.1, -0.05) is 26.2 Å². The fourth-order valence-electron chi connectivity index (χ4n) is 5.52. The average molecular weight is 528 g/mol. The molecule has 0 bridgehead atoms. The Morgan fingerprint density at radius 2 is 2.05 bits per heavy atom. The van der Waals surface area contributed by atoms with Gasteiger partial charge in [0.25, 0.3) is 0 Å². The number of benzene rings is 1. The summed E-state index contributed by atoms with van der Waals surface area (Å²) < 4.78 is 7.95. The quantitative estimate of drug-likeness (QED) is 0.507. The van der Waals surface area contributed by atoms with Crippen LogP contribution in [-0.2, 0) is 22.6 Å². The molecule has 0 spiro atoms. The Kier molecular flexibility index (Phi) is 9.68. The number of likely N-dealkylation sites (N-methyl/N-ethyl adjacent to an activating group) is 1. The number of hydrogen-bond acceptors (Lipinski definition) is 8. The number of aliphatic hydroxyl groups is 1. The number of nitrogens with zero attached hydrogens (tertiary/aromatic N) is 6. The third-order valence-electron chi connectivity index (χ3n) is 7.68. The lowest BCUT2D eigenvalue weighted by molar-refractivity contribution is -0.134. The minimum Gasteiger partial charge on any atom is -0.488 e. The molecule has 1 aliphatic carbocycles. The summed E-state index contributed by atoms with van der Waals surface area (Å²) in [6, 6.07) is 5.12. The number of hydrogen-bond donors (Lipinski definition) is 2. The molecule has 0 unspecified atom stereocenters. The molecule has 2 heterocycles. The highest BCUT2D eigenvalue weighted by Crippen LogP contribution is 2.30. The molecule has 208 valence electrons. The first kappa shape index (κ1) is 28.0. The van der Waals surface area contributed by atoms with Crippen molar-refractivity contribution in [2.24, 2.45) is 11.8 Å². The van der Waals surface area contributed by atoms with Crippen molar-refractivity contribution < 1.29 is 19.4 Å². The van der Waals surface area contributed by atoms with E-state index in [1.54, 1.807) is 17.0 Å². The number of fused-ring (bicyclic) bond motifs is 1. The average Bonchev–Trinajstić information content (AvgIpc) is 3.41. The van der Waals surface area contributed by atoms with Crippen molar-refractivity contribution in [3.05, 3.63) is 30.1 Å². The number of tetrazole rings is 1. The van der Waals surface area contributed by atoms with E-state index in [0.717, 1.165) is 19.0 Å². The van der Waals surface area contributed by atoms with Crippen LogP contribution in [0.5, 0.6) is 5.75 Å². The van der Waals surface area contributed by atoms with Gasteiger partial charge < -0.3 is 25.0 Å². The highest BCUT2D eigenvalue weighted by molar-refractivity contribution is 5.91. The zero-order valence-corrected chi connectivity index (χ0v) is 22.8. The van der Waals surface area contributed by atoms with Crippen LogP contribution in [0.25, 0.3) is 0 Å². The van der Waals surface area contributed by atoms with Crippen LogP contribution in [0.4, 0.5) is 5.69 Å². The Bertz CT molecular complexity index is 1060. The summed E-state index contributed by atoms with van der Waals surface area (Å²) in [5, 5.41) is 23.5. The number of rotatable bonds is 9. The summed E-state index contributed by atoms with van der Waals surface area (Å²) in [6.07, 6.45) is 7.89. The van der Waals surface area contributed by atoms with E-state index in [9.17, 15) is 14.7 Å². The maximum Gasteiger partial charge on any atom is 0.246 e. The van der Waals surface area contributed by atoms with E-state index in [0.29, 0.717) is 23.5 Å². The minimum atomic E-state index is -0.300. The van der Waals surface area contributed by atoms with Gasteiger partial charge in [-0.2, -0.15) is 0 Å². The molecule has 1 fully saturated rings. The zero-order valence-electron chi connectivity index (χ0n) is 22.8. The number of aliphatic hydroxyl groups excluding tert-OH is 1. The van der Waals surface area contributed by atoms with Gasteiger partial charge in [-0.3, -0.25) is 9.59 Å². The van der Waals surface area contributed by atoms with Crippen molar-refractivity contribution in [1.29, 1.82) is 0 Å². The molecule has 11 nitrogen and oxygen atoms in total. The highest BCUT2D eigenvalue weighted by Gasteiger charge is 2.31. The van der Waals surface area contributed by atoms with Crippen molar-refractivity contribution in [3.63, 3.8) is 0 Å². The molecule has 3 atom stereocenters. The maximum atomic E-state index is 13.4. The summed E-state index contributed by atoms with van der Waals surface area (Å²) in [6.45, 7) is 6.15. The molecule has 1 aromatic heterocycles. The van der Waals surface area contributed by atoms with Crippen molar-refractivity contribution in [3.8, 4) is 5.75 Å². The van der Waals surface area contributed by atoms with Crippen molar-refractivity contribution in [2.45, 2.75) is 71.1 Å². The standard InChI is InChI=1S/C27H41N7O4/c1-19-13-34(20(2)17-35)27(37)12-22-11-23(29-26(36)16-33-18-28-30-31-33)9-10-24(22)38-25(19)15-32(3)14-21-7-5-4-6-8-21/h9-11,18-21,25,35H,4-8,12-17H2,1-3H3,(H,29,36)/t19-,20+,25+/m1/s1. The van der Waals surface area contributed by atoms with Crippen LogP contribution < -0.4 is 10.1 Å². The predicted molar refractivity (Wildman–Crippen MR) is 143 cm³/mol. The van der Waals surface area contributed by atoms with E-state index < -0.39 is 0 Å². The molecular formula is C27H41N7O4. The first-order chi connectivity index (χ1) is 18.3. The van der Waals surface area contributed by atoms with Crippen LogP contribution in [0.2, 0.25) is 0 Å². The molecule has 2 aliphatic rings. The monoisotopic (exact) mass is 527 g/mol. The number of carbonyl (C=O) groups excluding carboxylic acids is 2. The summed E-state index contributed by atoms with van der Waals surface area (Å²) in [4.78, 5) is 30.0. The third kappa shape index (κ3) is 7.50. The number of carbonyl (C=O) groups is 2. The number of amides is 2. The first-order valence-corrected chi connectivity index (χ1v) is 13.7.